The lowest BCUT2D eigenvalue weighted by molar-refractivity contribution is -0.139. The number of aliphatic hydroxyl groups is 2. The highest BCUT2D eigenvalue weighted by atomic mass is 32.2. The van der Waals surface area contributed by atoms with Crippen LogP contribution in [0, 0.1) is 0 Å². The minimum atomic E-state index is -1.25. The summed E-state index contributed by atoms with van der Waals surface area (Å²) in [7, 11) is 0. The van der Waals surface area contributed by atoms with Crippen molar-refractivity contribution >= 4 is 35.5 Å². The van der Waals surface area contributed by atoms with Gasteiger partial charge in [0, 0.05) is 24.0 Å². The van der Waals surface area contributed by atoms with Crippen molar-refractivity contribution in [2.75, 3.05) is 18.9 Å². The zero-order chi connectivity index (χ0) is 23.8. The SMILES string of the molecule is CCCCCC(O)C(CCO)SC[C@H](NC(=O)CC[C@H](N)C(=O)O)C(=O)NCC(=O)O. The van der Waals surface area contributed by atoms with E-state index < -0.39 is 48.5 Å². The molecule has 0 heterocycles. The predicted octanol–water partition coefficient (Wildman–Crippen LogP) is -0.710. The van der Waals surface area contributed by atoms with Crippen LogP contribution in [0.1, 0.15) is 51.9 Å². The number of thioether (sulfide) groups is 1. The molecule has 2 amide bonds. The normalized spacial score (nSPS) is 14.8. The highest BCUT2D eigenvalue weighted by Gasteiger charge is 2.26. The van der Waals surface area contributed by atoms with E-state index in [0.29, 0.717) is 12.8 Å². The average molecular weight is 466 g/mol. The van der Waals surface area contributed by atoms with Crippen LogP contribution in [0.3, 0.4) is 0 Å². The molecule has 0 aromatic carbocycles. The monoisotopic (exact) mass is 465 g/mol. The van der Waals surface area contributed by atoms with Crippen molar-refractivity contribution in [2.45, 2.75) is 75.3 Å². The summed E-state index contributed by atoms with van der Waals surface area (Å²) in [5, 5.41) is 41.5. The third-order valence-electron chi connectivity index (χ3n) is 4.49. The molecule has 0 radical (unpaired) electrons. The minimum absolute atomic E-state index is 0.0394. The third kappa shape index (κ3) is 13.9. The van der Waals surface area contributed by atoms with Crippen molar-refractivity contribution in [2.24, 2.45) is 5.73 Å². The molecule has 0 aliphatic rings. The van der Waals surface area contributed by atoms with E-state index in [1.165, 1.54) is 11.8 Å². The molecule has 12 heteroatoms. The first-order chi connectivity index (χ1) is 14.6. The molecule has 0 fully saturated rings. The van der Waals surface area contributed by atoms with Gasteiger partial charge in [-0.3, -0.25) is 19.2 Å². The fraction of sp³-hybridized carbons (Fsp3) is 0.789. The van der Waals surface area contributed by atoms with Crippen LogP contribution in [-0.2, 0) is 19.2 Å². The summed E-state index contributed by atoms with van der Waals surface area (Å²) in [6.45, 7) is 1.26. The van der Waals surface area contributed by atoms with E-state index in [1.54, 1.807) is 0 Å². The highest BCUT2D eigenvalue weighted by molar-refractivity contribution is 8.00. The molecule has 0 saturated heterocycles. The Balaban J connectivity index is 5.00. The minimum Gasteiger partial charge on any atom is -0.480 e. The summed E-state index contributed by atoms with van der Waals surface area (Å²) in [4.78, 5) is 46.0. The summed E-state index contributed by atoms with van der Waals surface area (Å²) < 4.78 is 0. The Morgan fingerprint density at radius 2 is 1.74 bits per heavy atom. The number of hydrogen-bond donors (Lipinski definition) is 7. The molecular weight excluding hydrogens is 430 g/mol. The summed E-state index contributed by atoms with van der Waals surface area (Å²) in [6, 6.07) is -2.31. The van der Waals surface area contributed by atoms with Crippen molar-refractivity contribution in [3.05, 3.63) is 0 Å². The van der Waals surface area contributed by atoms with E-state index in [9.17, 15) is 29.4 Å². The number of nitrogens with one attached hydrogen (secondary N) is 2. The van der Waals surface area contributed by atoms with Crippen LogP contribution < -0.4 is 16.4 Å². The van der Waals surface area contributed by atoms with Gasteiger partial charge >= 0.3 is 11.9 Å². The van der Waals surface area contributed by atoms with Gasteiger partial charge in [-0.1, -0.05) is 26.2 Å². The van der Waals surface area contributed by atoms with Crippen molar-refractivity contribution in [1.29, 1.82) is 0 Å². The Hall–Kier alpha value is -1.89. The molecule has 0 saturated carbocycles. The van der Waals surface area contributed by atoms with Crippen molar-refractivity contribution in [1.82, 2.24) is 10.6 Å². The number of carboxylic acid groups (broad SMARTS) is 2. The van der Waals surface area contributed by atoms with Gasteiger partial charge in [0.1, 0.15) is 18.6 Å². The second-order valence-electron chi connectivity index (χ2n) is 7.16. The van der Waals surface area contributed by atoms with Crippen LogP contribution >= 0.6 is 11.8 Å². The van der Waals surface area contributed by atoms with Crippen molar-refractivity contribution < 1.29 is 39.6 Å². The molecule has 2 unspecified atom stereocenters. The molecule has 4 atom stereocenters. The molecule has 0 aromatic heterocycles. The summed E-state index contributed by atoms with van der Waals surface area (Å²) in [5.41, 5.74) is 5.37. The highest BCUT2D eigenvalue weighted by Crippen LogP contribution is 2.23. The molecule has 8 N–H and O–H groups in total. The lowest BCUT2D eigenvalue weighted by Gasteiger charge is -2.25. The van der Waals surface area contributed by atoms with Gasteiger partial charge in [0.15, 0.2) is 0 Å². The van der Waals surface area contributed by atoms with Gasteiger partial charge in [0.25, 0.3) is 0 Å². The Labute approximate surface area is 186 Å². The van der Waals surface area contributed by atoms with E-state index >= 15 is 0 Å². The molecule has 0 spiro atoms. The van der Waals surface area contributed by atoms with Gasteiger partial charge in [-0.05, 0) is 19.3 Å². The first-order valence-corrected chi connectivity index (χ1v) is 11.3. The number of carbonyl (C=O) groups is 4. The van der Waals surface area contributed by atoms with E-state index in [2.05, 4.69) is 10.6 Å². The summed E-state index contributed by atoms with van der Waals surface area (Å²) in [6.07, 6.45) is 2.57. The zero-order valence-electron chi connectivity index (χ0n) is 17.8. The topological polar surface area (TPSA) is 199 Å². The Bertz CT molecular complexity index is 578. The second kappa shape index (κ2) is 16.8. The number of aliphatic carboxylic acids is 2. The molecule has 0 rings (SSSR count). The number of nitrogens with two attached hydrogens (primary N) is 1. The Kier molecular flexibility index (Phi) is 15.7. The van der Waals surface area contributed by atoms with Gasteiger partial charge in [-0.25, -0.2) is 0 Å². The molecule has 31 heavy (non-hydrogen) atoms. The van der Waals surface area contributed by atoms with E-state index in [4.69, 9.17) is 15.9 Å². The maximum atomic E-state index is 12.3. The smallest absolute Gasteiger partial charge is 0.322 e. The molecular formula is C19H35N3O8S. The quantitative estimate of drug-likeness (QED) is 0.127. The number of carboxylic acids is 2. The maximum Gasteiger partial charge on any atom is 0.322 e. The van der Waals surface area contributed by atoms with Gasteiger partial charge in [-0.15, -0.1) is 0 Å². The Morgan fingerprint density at radius 1 is 1.06 bits per heavy atom. The van der Waals surface area contributed by atoms with Crippen LogP contribution in [0.5, 0.6) is 0 Å². The van der Waals surface area contributed by atoms with Gasteiger partial charge < -0.3 is 36.8 Å². The van der Waals surface area contributed by atoms with E-state index in [1.807, 2.05) is 6.92 Å². The van der Waals surface area contributed by atoms with Crippen LogP contribution in [0.2, 0.25) is 0 Å². The Morgan fingerprint density at radius 3 is 2.29 bits per heavy atom. The lowest BCUT2D eigenvalue weighted by atomic mass is 10.1. The van der Waals surface area contributed by atoms with Crippen LogP contribution in [0.4, 0.5) is 0 Å². The van der Waals surface area contributed by atoms with Gasteiger partial charge in [0.2, 0.25) is 11.8 Å². The predicted molar refractivity (Wildman–Crippen MR) is 116 cm³/mol. The second-order valence-corrected chi connectivity index (χ2v) is 8.43. The molecule has 0 aliphatic heterocycles. The summed E-state index contributed by atoms with van der Waals surface area (Å²) in [5.74, 6) is -3.77. The largest absolute Gasteiger partial charge is 0.480 e. The molecule has 0 aromatic rings. The van der Waals surface area contributed by atoms with E-state index in [-0.39, 0.29) is 30.5 Å². The zero-order valence-corrected chi connectivity index (χ0v) is 18.6. The van der Waals surface area contributed by atoms with Gasteiger partial charge in [0.05, 0.1) is 6.10 Å². The maximum absolute atomic E-state index is 12.3. The number of unbranched alkanes of at least 4 members (excludes halogenated alkanes) is 2. The van der Waals surface area contributed by atoms with Crippen molar-refractivity contribution in [3.63, 3.8) is 0 Å². The molecule has 180 valence electrons. The average Bonchev–Trinajstić information content (AvgIpc) is 2.71. The van der Waals surface area contributed by atoms with Crippen molar-refractivity contribution in [3.8, 4) is 0 Å². The fourth-order valence-electron chi connectivity index (χ4n) is 2.67. The standard InChI is InChI=1S/C19H35N3O8S/c1-2-3-4-5-14(24)15(8-9-23)31-11-13(18(28)21-10-17(26)27)22-16(25)7-6-12(20)19(29)30/h12-15,23-24H,2-11,20H2,1H3,(H,21,28)(H,22,25)(H,26,27)(H,29,30)/t12-,13-,14?,15?/m0/s1. The molecule has 0 bridgehead atoms. The summed E-state index contributed by atoms with van der Waals surface area (Å²) >= 11 is 1.20. The first-order valence-electron chi connectivity index (χ1n) is 10.3. The van der Waals surface area contributed by atoms with Crippen LogP contribution in [0.25, 0.3) is 0 Å². The number of hydrogen-bond acceptors (Lipinski definition) is 8. The molecule has 0 aliphatic carbocycles. The lowest BCUT2D eigenvalue weighted by Crippen LogP contribution is -2.50. The molecule has 11 nitrogen and oxygen atoms in total. The number of aliphatic hydroxyl groups excluding tert-OH is 2. The number of rotatable bonds is 18. The number of amides is 2. The van der Waals surface area contributed by atoms with E-state index in [0.717, 1.165) is 19.3 Å². The number of carbonyl (C=O) groups excluding carboxylic acids is 2. The first kappa shape index (κ1) is 29.1. The fourth-order valence-corrected chi connectivity index (χ4v) is 3.97. The van der Waals surface area contributed by atoms with Crippen LogP contribution in [0.15, 0.2) is 0 Å². The van der Waals surface area contributed by atoms with Gasteiger partial charge in [-0.2, -0.15) is 11.8 Å². The third-order valence-corrected chi connectivity index (χ3v) is 5.99. The van der Waals surface area contributed by atoms with Crippen LogP contribution in [-0.4, -0.2) is 86.5 Å².